The fourth-order valence-electron chi connectivity index (χ4n) is 0.508. The van der Waals surface area contributed by atoms with Crippen LogP contribution in [0.3, 0.4) is 0 Å². The van der Waals surface area contributed by atoms with Crippen molar-refractivity contribution in [1.29, 1.82) is 0 Å². The molecule has 0 fully saturated rings. The number of hydrogen-bond donors (Lipinski definition) is 2. The molecule has 0 aliphatic heterocycles. The second-order valence-electron chi connectivity index (χ2n) is 2.33. The van der Waals surface area contributed by atoms with Crippen LogP contribution in [0.2, 0.25) is 0 Å². The van der Waals surface area contributed by atoms with Gasteiger partial charge in [0.1, 0.15) is 6.73 Å². The third-order valence-corrected chi connectivity index (χ3v) is 1.04. The summed E-state index contributed by atoms with van der Waals surface area (Å²) in [5.74, 6) is 0. The minimum absolute atomic E-state index is 0.0756. The average molecular weight is 161 g/mol. The van der Waals surface area contributed by atoms with Crippen molar-refractivity contribution >= 4 is 6.09 Å². The zero-order valence-corrected chi connectivity index (χ0v) is 6.96. The van der Waals surface area contributed by atoms with Gasteiger partial charge in [0, 0.05) is 13.1 Å². The molecule has 0 saturated carbocycles. The van der Waals surface area contributed by atoms with Crippen LogP contribution in [0.25, 0.3) is 0 Å². The van der Waals surface area contributed by atoms with Crippen LogP contribution in [-0.2, 0) is 4.74 Å². The summed E-state index contributed by atoms with van der Waals surface area (Å²) in [7, 11) is 3.85. The molecule has 11 heavy (non-hydrogen) atoms. The summed E-state index contributed by atoms with van der Waals surface area (Å²) >= 11 is 0. The van der Waals surface area contributed by atoms with Gasteiger partial charge < -0.3 is 15.0 Å². The van der Waals surface area contributed by atoms with Crippen molar-refractivity contribution in [2.75, 3.05) is 33.9 Å². The first-order valence-electron chi connectivity index (χ1n) is 3.42. The van der Waals surface area contributed by atoms with Crippen LogP contribution in [0.5, 0.6) is 0 Å². The van der Waals surface area contributed by atoms with E-state index in [1.807, 2.05) is 19.0 Å². The van der Waals surface area contributed by atoms with Gasteiger partial charge in [0.05, 0.1) is 0 Å². The fourth-order valence-corrected chi connectivity index (χ4v) is 0.508. The molecule has 66 valence electrons. The molecule has 0 radical (unpaired) electrons. The molecular formula is C6H15N3O2. The lowest BCUT2D eigenvalue weighted by Crippen LogP contribution is -2.32. The standard InChI is InChI=1S/C6H15N3O2/c1-9(2)4-3-8-6(10)11-5-7/h3-5,7H2,1-2H3,(H,8,10). The molecule has 3 N–H and O–H groups in total. The lowest BCUT2D eigenvalue weighted by atomic mass is 10.6. The van der Waals surface area contributed by atoms with Gasteiger partial charge in [-0.05, 0) is 14.1 Å². The van der Waals surface area contributed by atoms with Gasteiger partial charge in [0.2, 0.25) is 0 Å². The maximum Gasteiger partial charge on any atom is 0.408 e. The zero-order chi connectivity index (χ0) is 8.69. The molecule has 0 rings (SSSR count). The number of nitrogens with two attached hydrogens (primary N) is 1. The van der Waals surface area contributed by atoms with Gasteiger partial charge in [-0.3, -0.25) is 5.73 Å². The minimum atomic E-state index is -0.464. The fraction of sp³-hybridized carbons (Fsp3) is 0.833. The van der Waals surface area contributed by atoms with Gasteiger partial charge in [-0.15, -0.1) is 0 Å². The number of amides is 1. The van der Waals surface area contributed by atoms with Crippen LogP contribution in [0.1, 0.15) is 0 Å². The maximum absolute atomic E-state index is 10.6. The number of nitrogens with one attached hydrogen (secondary N) is 1. The quantitative estimate of drug-likeness (QED) is 0.529. The molecule has 0 bridgehead atoms. The highest BCUT2D eigenvalue weighted by atomic mass is 16.6. The molecule has 0 spiro atoms. The Morgan fingerprint density at radius 2 is 2.27 bits per heavy atom. The van der Waals surface area contributed by atoms with E-state index in [4.69, 9.17) is 5.73 Å². The largest absolute Gasteiger partial charge is 0.434 e. The van der Waals surface area contributed by atoms with Gasteiger partial charge >= 0.3 is 6.09 Å². The number of carbonyl (C=O) groups excluding carboxylic acids is 1. The molecule has 0 aromatic rings. The third-order valence-electron chi connectivity index (χ3n) is 1.04. The van der Waals surface area contributed by atoms with Gasteiger partial charge in [-0.1, -0.05) is 0 Å². The second kappa shape index (κ2) is 5.94. The first-order chi connectivity index (χ1) is 5.16. The monoisotopic (exact) mass is 161 g/mol. The summed E-state index contributed by atoms with van der Waals surface area (Å²) in [6, 6.07) is 0. The Morgan fingerprint density at radius 3 is 2.73 bits per heavy atom. The molecular weight excluding hydrogens is 146 g/mol. The Morgan fingerprint density at radius 1 is 1.64 bits per heavy atom. The number of hydrogen-bond acceptors (Lipinski definition) is 4. The third kappa shape index (κ3) is 7.08. The maximum atomic E-state index is 10.6. The number of nitrogens with zero attached hydrogens (tertiary/aromatic N) is 1. The molecule has 0 atom stereocenters. The van der Waals surface area contributed by atoms with Crippen LogP contribution in [-0.4, -0.2) is 44.9 Å². The zero-order valence-electron chi connectivity index (χ0n) is 6.96. The van der Waals surface area contributed by atoms with E-state index < -0.39 is 6.09 Å². The number of carbonyl (C=O) groups is 1. The number of rotatable bonds is 4. The van der Waals surface area contributed by atoms with Crippen molar-refractivity contribution in [2.24, 2.45) is 5.73 Å². The van der Waals surface area contributed by atoms with E-state index in [1.165, 1.54) is 0 Å². The number of alkyl carbamates (subject to hydrolysis) is 1. The highest BCUT2D eigenvalue weighted by Crippen LogP contribution is 1.74. The minimum Gasteiger partial charge on any atom is -0.434 e. The predicted octanol–water partition coefficient (Wildman–Crippen LogP) is -0.810. The average Bonchev–Trinajstić information content (AvgIpc) is 1.87. The molecule has 0 aliphatic rings. The van der Waals surface area contributed by atoms with E-state index in [2.05, 4.69) is 10.1 Å². The molecule has 0 aromatic heterocycles. The molecule has 5 heteroatoms. The Kier molecular flexibility index (Phi) is 5.50. The van der Waals surface area contributed by atoms with Crippen LogP contribution in [0, 0.1) is 0 Å². The Balaban J connectivity index is 3.17. The summed E-state index contributed by atoms with van der Waals surface area (Å²) in [4.78, 5) is 12.6. The molecule has 0 unspecified atom stereocenters. The lowest BCUT2D eigenvalue weighted by Gasteiger charge is -2.09. The highest BCUT2D eigenvalue weighted by Gasteiger charge is 1.97. The van der Waals surface area contributed by atoms with Gasteiger partial charge in [-0.25, -0.2) is 4.79 Å². The van der Waals surface area contributed by atoms with Gasteiger partial charge in [-0.2, -0.15) is 0 Å². The van der Waals surface area contributed by atoms with E-state index in [0.29, 0.717) is 6.54 Å². The summed E-state index contributed by atoms with van der Waals surface area (Å²) in [5, 5.41) is 2.53. The predicted molar refractivity (Wildman–Crippen MR) is 42.1 cm³/mol. The molecule has 5 nitrogen and oxygen atoms in total. The number of likely N-dealkylation sites (N-methyl/N-ethyl adjacent to an activating group) is 1. The van der Waals surface area contributed by atoms with Crippen molar-refractivity contribution in [2.45, 2.75) is 0 Å². The van der Waals surface area contributed by atoms with E-state index >= 15 is 0 Å². The number of ether oxygens (including phenoxy) is 1. The van der Waals surface area contributed by atoms with Crippen molar-refractivity contribution in [1.82, 2.24) is 10.2 Å². The molecule has 0 saturated heterocycles. The van der Waals surface area contributed by atoms with Gasteiger partial charge in [0.15, 0.2) is 0 Å². The van der Waals surface area contributed by atoms with Crippen molar-refractivity contribution in [3.8, 4) is 0 Å². The van der Waals surface area contributed by atoms with Crippen molar-refractivity contribution in [3.05, 3.63) is 0 Å². The normalized spacial score (nSPS) is 9.82. The molecule has 0 heterocycles. The highest BCUT2D eigenvalue weighted by molar-refractivity contribution is 5.66. The first kappa shape index (κ1) is 10.2. The molecule has 0 aliphatic carbocycles. The van der Waals surface area contributed by atoms with Crippen LogP contribution >= 0.6 is 0 Å². The summed E-state index contributed by atoms with van der Waals surface area (Å²) < 4.78 is 4.43. The lowest BCUT2D eigenvalue weighted by molar-refractivity contribution is 0.148. The van der Waals surface area contributed by atoms with Crippen LogP contribution in [0.15, 0.2) is 0 Å². The topological polar surface area (TPSA) is 67.6 Å². The van der Waals surface area contributed by atoms with Crippen molar-refractivity contribution in [3.63, 3.8) is 0 Å². The van der Waals surface area contributed by atoms with E-state index in [9.17, 15) is 4.79 Å². The van der Waals surface area contributed by atoms with E-state index in [0.717, 1.165) is 6.54 Å². The van der Waals surface area contributed by atoms with Crippen LogP contribution < -0.4 is 11.1 Å². The second-order valence-corrected chi connectivity index (χ2v) is 2.33. The summed E-state index contributed by atoms with van der Waals surface area (Å²) in [6.45, 7) is 1.29. The summed E-state index contributed by atoms with van der Waals surface area (Å²) in [5.41, 5.74) is 4.97. The Hall–Kier alpha value is -0.810. The van der Waals surface area contributed by atoms with E-state index in [1.54, 1.807) is 0 Å². The van der Waals surface area contributed by atoms with E-state index in [-0.39, 0.29) is 6.73 Å². The van der Waals surface area contributed by atoms with Crippen molar-refractivity contribution < 1.29 is 9.53 Å². The SMILES string of the molecule is CN(C)CCNC(=O)OCN. The summed E-state index contributed by atoms with van der Waals surface area (Å²) in [6.07, 6.45) is -0.464. The molecule has 0 aromatic carbocycles. The molecule has 1 amide bonds. The Bertz CT molecular complexity index is 116. The van der Waals surface area contributed by atoms with Crippen LogP contribution in [0.4, 0.5) is 4.79 Å². The first-order valence-corrected chi connectivity index (χ1v) is 3.42. The van der Waals surface area contributed by atoms with Gasteiger partial charge in [0.25, 0.3) is 0 Å². The Labute approximate surface area is 66.5 Å². The smallest absolute Gasteiger partial charge is 0.408 e.